The molecular weight excluding hydrogens is 279 g/mol. The van der Waals surface area contributed by atoms with Gasteiger partial charge in [-0.1, -0.05) is 23.2 Å². The van der Waals surface area contributed by atoms with Crippen molar-refractivity contribution in [2.75, 3.05) is 0 Å². The van der Waals surface area contributed by atoms with E-state index >= 15 is 0 Å². The number of benzene rings is 1. The van der Waals surface area contributed by atoms with Gasteiger partial charge in [-0.25, -0.2) is 4.98 Å². The van der Waals surface area contributed by atoms with E-state index in [0.29, 0.717) is 21.6 Å². The minimum absolute atomic E-state index is 0.198. The van der Waals surface area contributed by atoms with Crippen LogP contribution in [0, 0.1) is 0 Å². The van der Waals surface area contributed by atoms with Gasteiger partial charge in [-0.2, -0.15) is 0 Å². The third-order valence-electron chi connectivity index (χ3n) is 2.00. The highest BCUT2D eigenvalue weighted by molar-refractivity contribution is 7.11. The second-order valence-electron chi connectivity index (χ2n) is 3.30. The Hall–Kier alpha value is -1.10. The molecule has 88 valence electrons. The molecule has 17 heavy (non-hydrogen) atoms. The van der Waals surface area contributed by atoms with Crippen molar-refractivity contribution in [2.45, 2.75) is 6.54 Å². The molecule has 2 rings (SSSR count). The van der Waals surface area contributed by atoms with Gasteiger partial charge < -0.3 is 5.32 Å². The van der Waals surface area contributed by atoms with Gasteiger partial charge in [-0.3, -0.25) is 4.79 Å². The van der Waals surface area contributed by atoms with E-state index in [1.54, 1.807) is 29.8 Å². The fraction of sp³-hybridized carbons (Fsp3) is 0.0909. The van der Waals surface area contributed by atoms with Crippen LogP contribution in [0.1, 0.15) is 15.4 Å². The maximum absolute atomic E-state index is 11.6. The first-order valence-electron chi connectivity index (χ1n) is 4.78. The van der Waals surface area contributed by atoms with Crippen LogP contribution >= 0.6 is 34.5 Å². The Morgan fingerprint density at radius 1 is 1.29 bits per heavy atom. The normalized spacial score (nSPS) is 10.2. The van der Waals surface area contributed by atoms with Gasteiger partial charge in [0, 0.05) is 28.2 Å². The monoisotopic (exact) mass is 286 g/mol. The minimum atomic E-state index is -0.198. The molecule has 0 atom stereocenters. The molecule has 6 heteroatoms. The van der Waals surface area contributed by atoms with Crippen LogP contribution in [0.2, 0.25) is 10.0 Å². The number of hydrogen-bond donors (Lipinski definition) is 1. The second-order valence-corrected chi connectivity index (χ2v) is 5.07. The van der Waals surface area contributed by atoms with Crippen LogP contribution < -0.4 is 5.32 Å². The zero-order valence-electron chi connectivity index (χ0n) is 8.61. The van der Waals surface area contributed by atoms with Crippen LogP contribution in [0.15, 0.2) is 29.8 Å². The first-order valence-corrected chi connectivity index (χ1v) is 6.41. The van der Waals surface area contributed by atoms with E-state index in [1.165, 1.54) is 11.3 Å². The Morgan fingerprint density at radius 2 is 2.00 bits per heavy atom. The summed E-state index contributed by atoms with van der Waals surface area (Å²) in [5, 5.41) is 6.05. The summed E-state index contributed by atoms with van der Waals surface area (Å²) in [6.07, 6.45) is 1.59. The van der Waals surface area contributed by atoms with E-state index < -0.39 is 0 Å². The van der Waals surface area contributed by atoms with Crippen LogP contribution in [0.3, 0.4) is 0 Å². The molecule has 0 aliphatic rings. The molecule has 0 fully saturated rings. The second kappa shape index (κ2) is 5.49. The summed E-state index contributed by atoms with van der Waals surface area (Å²) in [7, 11) is 0. The van der Waals surface area contributed by atoms with Gasteiger partial charge in [0.05, 0.1) is 0 Å². The molecule has 0 unspecified atom stereocenters. The lowest BCUT2D eigenvalue weighted by Gasteiger charge is -2.04. The van der Waals surface area contributed by atoms with Crippen molar-refractivity contribution in [2.24, 2.45) is 0 Å². The van der Waals surface area contributed by atoms with Gasteiger partial charge in [0.2, 0.25) is 0 Å². The summed E-state index contributed by atoms with van der Waals surface area (Å²) >= 11 is 13.0. The molecule has 0 saturated heterocycles. The number of carbonyl (C=O) groups excluding carboxylic acids is 1. The van der Waals surface area contributed by atoms with Gasteiger partial charge in [0.15, 0.2) is 5.01 Å². The maximum Gasteiger partial charge on any atom is 0.280 e. The van der Waals surface area contributed by atoms with E-state index in [1.807, 2.05) is 0 Å². The van der Waals surface area contributed by atoms with Crippen molar-refractivity contribution in [3.63, 3.8) is 0 Å². The molecule has 0 saturated carbocycles. The molecule has 0 aliphatic carbocycles. The summed E-state index contributed by atoms with van der Waals surface area (Å²) < 4.78 is 0. The van der Waals surface area contributed by atoms with E-state index in [9.17, 15) is 4.79 Å². The molecular formula is C11H8Cl2N2OS. The van der Waals surface area contributed by atoms with Crippen molar-refractivity contribution in [1.82, 2.24) is 10.3 Å². The zero-order chi connectivity index (χ0) is 12.3. The SMILES string of the molecule is O=C(NCc1cc(Cl)cc(Cl)c1)c1nccs1. The molecule has 1 aromatic carbocycles. The smallest absolute Gasteiger partial charge is 0.280 e. The van der Waals surface area contributed by atoms with Gasteiger partial charge in [0.25, 0.3) is 5.91 Å². The van der Waals surface area contributed by atoms with E-state index in [0.717, 1.165) is 5.56 Å². The summed E-state index contributed by atoms with van der Waals surface area (Å²) in [5.74, 6) is -0.198. The van der Waals surface area contributed by atoms with E-state index in [4.69, 9.17) is 23.2 Å². The van der Waals surface area contributed by atoms with Crippen LogP contribution in [-0.4, -0.2) is 10.9 Å². The molecule has 2 aromatic rings. The highest BCUT2D eigenvalue weighted by Gasteiger charge is 2.07. The molecule has 0 bridgehead atoms. The Kier molecular flexibility index (Phi) is 3.99. The number of hydrogen-bond acceptors (Lipinski definition) is 3. The minimum Gasteiger partial charge on any atom is -0.346 e. The van der Waals surface area contributed by atoms with Gasteiger partial charge in [-0.05, 0) is 23.8 Å². The fourth-order valence-corrected chi connectivity index (χ4v) is 2.43. The van der Waals surface area contributed by atoms with E-state index in [2.05, 4.69) is 10.3 Å². The summed E-state index contributed by atoms with van der Waals surface area (Å²) in [6, 6.07) is 5.17. The summed E-state index contributed by atoms with van der Waals surface area (Å²) in [6.45, 7) is 0.374. The fourth-order valence-electron chi connectivity index (χ4n) is 1.31. The topological polar surface area (TPSA) is 42.0 Å². The largest absolute Gasteiger partial charge is 0.346 e. The number of amides is 1. The van der Waals surface area contributed by atoms with Gasteiger partial charge in [-0.15, -0.1) is 11.3 Å². The lowest BCUT2D eigenvalue weighted by atomic mass is 10.2. The number of rotatable bonds is 3. The Balaban J connectivity index is 2.00. The number of thiazole rings is 1. The van der Waals surface area contributed by atoms with Crippen molar-refractivity contribution in [1.29, 1.82) is 0 Å². The van der Waals surface area contributed by atoms with Crippen molar-refractivity contribution in [3.05, 3.63) is 50.4 Å². The van der Waals surface area contributed by atoms with Crippen molar-refractivity contribution in [3.8, 4) is 0 Å². The first-order chi connectivity index (χ1) is 8.15. The molecule has 1 heterocycles. The lowest BCUT2D eigenvalue weighted by molar-refractivity contribution is 0.0950. The first kappa shape index (κ1) is 12.4. The summed E-state index contributed by atoms with van der Waals surface area (Å²) in [4.78, 5) is 15.5. The highest BCUT2D eigenvalue weighted by Crippen LogP contribution is 2.19. The van der Waals surface area contributed by atoms with Crippen molar-refractivity contribution >= 4 is 40.4 Å². The number of halogens is 2. The Morgan fingerprint density at radius 3 is 2.59 bits per heavy atom. The Labute approximate surface area is 112 Å². The van der Waals surface area contributed by atoms with Crippen LogP contribution in [0.25, 0.3) is 0 Å². The predicted octanol–water partition coefficient (Wildman–Crippen LogP) is 3.38. The number of nitrogens with zero attached hydrogens (tertiary/aromatic N) is 1. The summed E-state index contributed by atoms with van der Waals surface area (Å²) in [5.41, 5.74) is 0.854. The Bertz CT molecular complexity index is 508. The average molecular weight is 287 g/mol. The molecule has 3 nitrogen and oxygen atoms in total. The predicted molar refractivity (Wildman–Crippen MR) is 69.7 cm³/mol. The van der Waals surface area contributed by atoms with Crippen LogP contribution in [0.4, 0.5) is 0 Å². The van der Waals surface area contributed by atoms with Crippen molar-refractivity contribution < 1.29 is 4.79 Å². The van der Waals surface area contributed by atoms with Gasteiger partial charge in [0.1, 0.15) is 0 Å². The lowest BCUT2D eigenvalue weighted by Crippen LogP contribution is -2.22. The third-order valence-corrected chi connectivity index (χ3v) is 3.21. The molecule has 1 N–H and O–H groups in total. The third kappa shape index (κ3) is 3.43. The quantitative estimate of drug-likeness (QED) is 0.940. The maximum atomic E-state index is 11.6. The molecule has 0 aliphatic heterocycles. The molecule has 1 amide bonds. The zero-order valence-corrected chi connectivity index (χ0v) is 10.9. The standard InChI is InChI=1S/C11H8Cl2N2OS/c12-8-3-7(4-9(13)5-8)6-15-10(16)11-14-1-2-17-11/h1-5H,6H2,(H,15,16). The van der Waals surface area contributed by atoms with E-state index in [-0.39, 0.29) is 5.91 Å². The number of aromatic nitrogens is 1. The molecule has 0 spiro atoms. The highest BCUT2D eigenvalue weighted by atomic mass is 35.5. The number of nitrogens with one attached hydrogen (secondary N) is 1. The van der Waals surface area contributed by atoms with Crippen LogP contribution in [-0.2, 0) is 6.54 Å². The molecule has 0 radical (unpaired) electrons. The average Bonchev–Trinajstić information content (AvgIpc) is 2.78. The van der Waals surface area contributed by atoms with Gasteiger partial charge >= 0.3 is 0 Å². The number of carbonyl (C=O) groups is 1. The van der Waals surface area contributed by atoms with Crippen LogP contribution in [0.5, 0.6) is 0 Å². The molecule has 1 aromatic heterocycles.